The SMILES string of the molecule is CC(C)Cc1ccc(C(C)(NCC(F)(F)F)C(N)=O)cc1. The third kappa shape index (κ3) is 5.04. The Balaban J connectivity index is 2.97. The highest BCUT2D eigenvalue weighted by atomic mass is 19.4. The van der Waals surface area contributed by atoms with Gasteiger partial charge >= 0.3 is 6.18 Å². The second-order valence-electron chi connectivity index (χ2n) is 5.75. The van der Waals surface area contributed by atoms with E-state index < -0.39 is 24.2 Å². The number of halogens is 3. The molecule has 0 heterocycles. The molecule has 0 fully saturated rings. The average Bonchev–Trinajstić information content (AvgIpc) is 2.35. The first-order chi connectivity index (χ1) is 9.54. The van der Waals surface area contributed by atoms with Crippen LogP contribution in [0.5, 0.6) is 0 Å². The third-order valence-corrected chi connectivity index (χ3v) is 3.31. The van der Waals surface area contributed by atoms with Crippen molar-refractivity contribution in [3.8, 4) is 0 Å². The number of nitrogens with two attached hydrogens (primary N) is 1. The van der Waals surface area contributed by atoms with Gasteiger partial charge in [0, 0.05) is 0 Å². The van der Waals surface area contributed by atoms with Crippen LogP contribution in [-0.4, -0.2) is 18.6 Å². The van der Waals surface area contributed by atoms with Gasteiger partial charge in [0.2, 0.25) is 5.91 Å². The molecular formula is C15H21F3N2O. The van der Waals surface area contributed by atoms with Crippen LogP contribution in [0.1, 0.15) is 31.9 Å². The van der Waals surface area contributed by atoms with Crippen LogP contribution in [0.4, 0.5) is 13.2 Å². The first-order valence-electron chi connectivity index (χ1n) is 6.75. The van der Waals surface area contributed by atoms with Crippen molar-refractivity contribution in [3.63, 3.8) is 0 Å². The number of amides is 1. The Morgan fingerprint density at radius 3 is 2.14 bits per heavy atom. The van der Waals surface area contributed by atoms with Crippen LogP contribution in [0.2, 0.25) is 0 Å². The highest BCUT2D eigenvalue weighted by Gasteiger charge is 2.37. The maximum atomic E-state index is 12.4. The Morgan fingerprint density at radius 2 is 1.76 bits per heavy atom. The molecule has 21 heavy (non-hydrogen) atoms. The summed E-state index contributed by atoms with van der Waals surface area (Å²) in [4.78, 5) is 11.6. The van der Waals surface area contributed by atoms with Crippen LogP contribution < -0.4 is 11.1 Å². The monoisotopic (exact) mass is 302 g/mol. The minimum atomic E-state index is -4.41. The van der Waals surface area contributed by atoms with Gasteiger partial charge in [-0.1, -0.05) is 38.1 Å². The van der Waals surface area contributed by atoms with Crippen LogP contribution in [0.15, 0.2) is 24.3 Å². The zero-order valence-electron chi connectivity index (χ0n) is 12.4. The van der Waals surface area contributed by atoms with Gasteiger partial charge in [-0.25, -0.2) is 0 Å². The topological polar surface area (TPSA) is 55.1 Å². The molecule has 1 atom stereocenters. The highest BCUT2D eigenvalue weighted by Crippen LogP contribution is 2.24. The van der Waals surface area contributed by atoms with E-state index in [0.29, 0.717) is 11.5 Å². The van der Waals surface area contributed by atoms with E-state index in [-0.39, 0.29) is 0 Å². The Labute approximate surface area is 122 Å². The Morgan fingerprint density at radius 1 is 1.24 bits per heavy atom. The molecule has 0 aliphatic heterocycles. The van der Waals surface area contributed by atoms with Gasteiger partial charge in [0.05, 0.1) is 6.54 Å². The molecule has 3 N–H and O–H groups in total. The molecule has 1 amide bonds. The average molecular weight is 302 g/mol. The summed E-state index contributed by atoms with van der Waals surface area (Å²) in [5.41, 5.74) is 5.22. The molecule has 0 saturated heterocycles. The van der Waals surface area contributed by atoms with Crippen molar-refractivity contribution < 1.29 is 18.0 Å². The number of hydrogen-bond acceptors (Lipinski definition) is 2. The number of alkyl halides is 3. The lowest BCUT2D eigenvalue weighted by Crippen LogP contribution is -2.53. The van der Waals surface area contributed by atoms with Crippen LogP contribution >= 0.6 is 0 Å². The second kappa shape index (κ2) is 6.47. The van der Waals surface area contributed by atoms with Crippen LogP contribution in [0.3, 0.4) is 0 Å². The predicted octanol–water partition coefficient (Wildman–Crippen LogP) is 2.74. The molecule has 0 aliphatic rings. The quantitative estimate of drug-likeness (QED) is 0.849. The maximum absolute atomic E-state index is 12.4. The van der Waals surface area contributed by atoms with E-state index in [2.05, 4.69) is 19.2 Å². The molecule has 1 aromatic rings. The molecule has 0 radical (unpaired) electrons. The van der Waals surface area contributed by atoms with Gasteiger partial charge < -0.3 is 5.73 Å². The third-order valence-electron chi connectivity index (χ3n) is 3.31. The smallest absolute Gasteiger partial charge is 0.368 e. The van der Waals surface area contributed by atoms with Gasteiger partial charge in [0.1, 0.15) is 5.54 Å². The summed E-state index contributed by atoms with van der Waals surface area (Å²) in [6, 6.07) is 6.91. The van der Waals surface area contributed by atoms with E-state index in [1.807, 2.05) is 12.1 Å². The fourth-order valence-electron chi connectivity index (χ4n) is 2.05. The lowest BCUT2D eigenvalue weighted by Gasteiger charge is -2.29. The fraction of sp³-hybridized carbons (Fsp3) is 0.533. The highest BCUT2D eigenvalue weighted by molar-refractivity contribution is 5.85. The van der Waals surface area contributed by atoms with Gasteiger partial charge in [0.25, 0.3) is 0 Å². The lowest BCUT2D eigenvalue weighted by atomic mass is 9.89. The van der Waals surface area contributed by atoms with E-state index in [1.165, 1.54) is 6.92 Å². The van der Waals surface area contributed by atoms with Crippen molar-refractivity contribution in [3.05, 3.63) is 35.4 Å². The maximum Gasteiger partial charge on any atom is 0.401 e. The molecule has 0 spiro atoms. The number of primary amides is 1. The zero-order valence-corrected chi connectivity index (χ0v) is 12.4. The molecule has 0 aliphatic carbocycles. The summed E-state index contributed by atoms with van der Waals surface area (Å²) in [7, 11) is 0. The molecule has 0 aromatic heterocycles. The minimum absolute atomic E-state index is 0.423. The van der Waals surface area contributed by atoms with Crippen LogP contribution in [0, 0.1) is 5.92 Å². The molecule has 3 nitrogen and oxygen atoms in total. The fourth-order valence-corrected chi connectivity index (χ4v) is 2.05. The van der Waals surface area contributed by atoms with Crippen molar-refractivity contribution in [2.45, 2.75) is 38.9 Å². The van der Waals surface area contributed by atoms with Gasteiger partial charge in [-0.15, -0.1) is 0 Å². The number of nitrogens with one attached hydrogen (secondary N) is 1. The Hall–Kier alpha value is -1.56. The van der Waals surface area contributed by atoms with Crippen molar-refractivity contribution in [1.29, 1.82) is 0 Å². The van der Waals surface area contributed by atoms with Crippen molar-refractivity contribution >= 4 is 5.91 Å². The number of benzene rings is 1. The number of carbonyl (C=O) groups is 1. The number of rotatable bonds is 6. The normalized spacial score (nSPS) is 15.0. The molecule has 1 rings (SSSR count). The van der Waals surface area contributed by atoms with E-state index in [9.17, 15) is 18.0 Å². The molecular weight excluding hydrogens is 281 g/mol. The lowest BCUT2D eigenvalue weighted by molar-refractivity contribution is -0.135. The van der Waals surface area contributed by atoms with E-state index >= 15 is 0 Å². The largest absolute Gasteiger partial charge is 0.401 e. The van der Waals surface area contributed by atoms with Crippen LogP contribution in [-0.2, 0) is 16.8 Å². The van der Waals surface area contributed by atoms with Gasteiger partial charge in [-0.3, -0.25) is 10.1 Å². The molecule has 0 saturated carbocycles. The molecule has 1 aromatic carbocycles. The molecule has 1 unspecified atom stereocenters. The van der Waals surface area contributed by atoms with E-state index in [0.717, 1.165) is 12.0 Å². The standard InChI is InChI=1S/C15H21F3N2O/c1-10(2)8-11-4-6-12(7-5-11)14(3,13(19)21)20-9-15(16,17)18/h4-7,10,20H,8-9H2,1-3H3,(H2,19,21). The first-order valence-corrected chi connectivity index (χ1v) is 6.75. The molecule has 6 heteroatoms. The summed E-state index contributed by atoms with van der Waals surface area (Å²) < 4.78 is 37.1. The zero-order chi connectivity index (χ0) is 16.3. The minimum Gasteiger partial charge on any atom is -0.368 e. The van der Waals surface area contributed by atoms with Crippen molar-refractivity contribution in [1.82, 2.24) is 5.32 Å². The van der Waals surface area contributed by atoms with Crippen molar-refractivity contribution in [2.24, 2.45) is 11.7 Å². The summed E-state index contributed by atoms with van der Waals surface area (Å²) in [5.74, 6) is -0.370. The van der Waals surface area contributed by atoms with E-state index in [1.54, 1.807) is 12.1 Å². The number of hydrogen-bond donors (Lipinski definition) is 2. The summed E-state index contributed by atoms with van der Waals surface area (Å²) in [5, 5.41) is 2.21. The summed E-state index contributed by atoms with van der Waals surface area (Å²) in [6.07, 6.45) is -3.54. The summed E-state index contributed by atoms with van der Waals surface area (Å²) >= 11 is 0. The molecule has 0 bridgehead atoms. The van der Waals surface area contributed by atoms with Crippen LogP contribution in [0.25, 0.3) is 0 Å². The van der Waals surface area contributed by atoms with Gasteiger partial charge in [-0.05, 0) is 30.4 Å². The molecule has 118 valence electrons. The second-order valence-corrected chi connectivity index (χ2v) is 5.75. The Kier molecular flexibility index (Phi) is 5.39. The predicted molar refractivity (Wildman–Crippen MR) is 75.6 cm³/mol. The van der Waals surface area contributed by atoms with Gasteiger partial charge in [0.15, 0.2) is 0 Å². The summed E-state index contributed by atoms with van der Waals surface area (Å²) in [6.45, 7) is 4.23. The number of carbonyl (C=O) groups excluding carboxylic acids is 1. The first kappa shape index (κ1) is 17.5. The Bertz CT molecular complexity index is 483. The van der Waals surface area contributed by atoms with Gasteiger partial charge in [-0.2, -0.15) is 13.2 Å². The van der Waals surface area contributed by atoms with E-state index in [4.69, 9.17) is 5.73 Å². The van der Waals surface area contributed by atoms with Crippen molar-refractivity contribution in [2.75, 3.05) is 6.54 Å².